The molecule has 0 radical (unpaired) electrons. The molecule has 2 rings (SSSR count). The number of carboxylic acid groups (broad SMARTS) is 1. The summed E-state index contributed by atoms with van der Waals surface area (Å²) in [5.41, 5.74) is 1.97. The largest absolute Gasteiger partial charge is 0.481 e. The van der Waals surface area contributed by atoms with Crippen LogP contribution in [0.4, 0.5) is 0 Å². The van der Waals surface area contributed by atoms with Crippen LogP contribution in [-0.4, -0.2) is 11.1 Å². The third-order valence-electron chi connectivity index (χ3n) is 6.51. The molecule has 2 aliphatic carbocycles. The molecule has 1 N–H and O–H groups in total. The Bertz CT molecular complexity index is 516. The molecule has 0 spiro atoms. The molecule has 0 aliphatic heterocycles. The SMILES string of the molecule is C=C/C(C)=C\CC1C(=C)CCC2C(C)(C(=O)O)CCCC12C. The summed E-state index contributed by atoms with van der Waals surface area (Å²) in [5, 5.41) is 9.81. The minimum Gasteiger partial charge on any atom is -0.481 e. The van der Waals surface area contributed by atoms with Crippen molar-refractivity contribution in [2.24, 2.45) is 22.7 Å². The van der Waals surface area contributed by atoms with Crippen LogP contribution in [0.3, 0.4) is 0 Å². The predicted octanol–water partition coefficient (Wildman–Crippen LogP) is 5.37. The third kappa shape index (κ3) is 2.68. The summed E-state index contributed by atoms with van der Waals surface area (Å²) < 4.78 is 0. The minimum atomic E-state index is -0.618. The van der Waals surface area contributed by atoms with E-state index in [1.54, 1.807) is 0 Å². The van der Waals surface area contributed by atoms with Gasteiger partial charge in [-0.3, -0.25) is 4.79 Å². The number of rotatable bonds is 4. The Morgan fingerprint density at radius 1 is 1.41 bits per heavy atom. The number of aliphatic carboxylic acids is 1. The zero-order valence-electron chi connectivity index (χ0n) is 14.3. The Kier molecular flexibility index (Phi) is 4.70. The predicted molar refractivity (Wildman–Crippen MR) is 91.6 cm³/mol. The van der Waals surface area contributed by atoms with Crippen molar-refractivity contribution in [2.75, 3.05) is 0 Å². The summed E-state index contributed by atoms with van der Waals surface area (Å²) in [5.74, 6) is 0.0202. The normalized spacial score (nSPS) is 39.2. The molecule has 2 heteroatoms. The Morgan fingerprint density at radius 3 is 2.68 bits per heavy atom. The first-order valence-corrected chi connectivity index (χ1v) is 8.46. The van der Waals surface area contributed by atoms with Gasteiger partial charge in [-0.25, -0.2) is 0 Å². The lowest BCUT2D eigenvalue weighted by atomic mass is 9.46. The number of carbonyl (C=O) groups is 1. The fourth-order valence-corrected chi connectivity index (χ4v) is 5.03. The molecule has 2 aliphatic rings. The van der Waals surface area contributed by atoms with Gasteiger partial charge in [0, 0.05) is 0 Å². The van der Waals surface area contributed by atoms with Gasteiger partial charge in [0.25, 0.3) is 0 Å². The van der Waals surface area contributed by atoms with Crippen LogP contribution in [0.2, 0.25) is 0 Å². The molecule has 0 aromatic carbocycles. The average Bonchev–Trinajstić information content (AvgIpc) is 2.45. The van der Waals surface area contributed by atoms with Crippen molar-refractivity contribution in [3.05, 3.63) is 36.5 Å². The van der Waals surface area contributed by atoms with Crippen LogP contribution < -0.4 is 0 Å². The van der Waals surface area contributed by atoms with E-state index in [1.165, 1.54) is 11.1 Å². The van der Waals surface area contributed by atoms with Crippen molar-refractivity contribution in [1.82, 2.24) is 0 Å². The smallest absolute Gasteiger partial charge is 0.309 e. The van der Waals surface area contributed by atoms with Crippen molar-refractivity contribution in [2.45, 2.75) is 59.3 Å². The molecule has 2 saturated carbocycles. The van der Waals surface area contributed by atoms with Gasteiger partial charge in [0.15, 0.2) is 0 Å². The highest BCUT2D eigenvalue weighted by Crippen LogP contribution is 2.61. The number of carboxylic acids is 1. The van der Waals surface area contributed by atoms with Gasteiger partial charge < -0.3 is 5.11 Å². The molecule has 22 heavy (non-hydrogen) atoms. The second-order valence-corrected chi connectivity index (χ2v) is 7.77. The lowest BCUT2D eigenvalue weighted by Gasteiger charge is -2.57. The van der Waals surface area contributed by atoms with Crippen LogP contribution in [-0.2, 0) is 4.79 Å². The van der Waals surface area contributed by atoms with Crippen LogP contribution in [0, 0.1) is 22.7 Å². The third-order valence-corrected chi connectivity index (χ3v) is 6.51. The summed E-state index contributed by atoms with van der Waals surface area (Å²) in [6.07, 6.45) is 9.95. The molecule has 0 aromatic heterocycles. The number of hydrogen-bond acceptors (Lipinski definition) is 1. The van der Waals surface area contributed by atoms with Gasteiger partial charge in [0.05, 0.1) is 5.41 Å². The lowest BCUT2D eigenvalue weighted by molar-refractivity contribution is -0.164. The van der Waals surface area contributed by atoms with E-state index < -0.39 is 11.4 Å². The highest BCUT2D eigenvalue weighted by atomic mass is 16.4. The van der Waals surface area contributed by atoms with Gasteiger partial charge in [-0.1, -0.05) is 49.8 Å². The van der Waals surface area contributed by atoms with Crippen molar-refractivity contribution in [3.8, 4) is 0 Å². The molecule has 0 saturated heterocycles. The minimum absolute atomic E-state index is 0.0542. The quantitative estimate of drug-likeness (QED) is 0.559. The van der Waals surface area contributed by atoms with Gasteiger partial charge in [0.2, 0.25) is 0 Å². The maximum Gasteiger partial charge on any atom is 0.309 e. The van der Waals surface area contributed by atoms with E-state index in [0.717, 1.165) is 38.5 Å². The first-order chi connectivity index (χ1) is 10.3. The van der Waals surface area contributed by atoms with Crippen molar-refractivity contribution < 1.29 is 9.90 Å². The molecular formula is C20H30O2. The molecule has 0 bridgehead atoms. The van der Waals surface area contributed by atoms with Crippen molar-refractivity contribution >= 4 is 5.97 Å². The van der Waals surface area contributed by atoms with E-state index >= 15 is 0 Å². The molecule has 2 fully saturated rings. The molecular weight excluding hydrogens is 272 g/mol. The topological polar surface area (TPSA) is 37.3 Å². The van der Waals surface area contributed by atoms with Crippen LogP contribution in [0.1, 0.15) is 59.3 Å². The van der Waals surface area contributed by atoms with Crippen LogP contribution >= 0.6 is 0 Å². The maximum absolute atomic E-state index is 11.9. The van der Waals surface area contributed by atoms with Gasteiger partial charge >= 0.3 is 5.97 Å². The van der Waals surface area contributed by atoms with Gasteiger partial charge in [-0.15, -0.1) is 0 Å². The summed E-state index contributed by atoms with van der Waals surface area (Å²) in [7, 11) is 0. The average molecular weight is 302 g/mol. The fourth-order valence-electron chi connectivity index (χ4n) is 5.03. The zero-order valence-corrected chi connectivity index (χ0v) is 14.3. The highest BCUT2D eigenvalue weighted by molar-refractivity contribution is 5.75. The Morgan fingerprint density at radius 2 is 2.09 bits per heavy atom. The van der Waals surface area contributed by atoms with Crippen LogP contribution in [0.15, 0.2) is 36.5 Å². The lowest BCUT2D eigenvalue weighted by Crippen LogP contribution is -2.53. The summed E-state index contributed by atoms with van der Waals surface area (Å²) in [6.45, 7) is 14.5. The number of hydrogen-bond donors (Lipinski definition) is 1. The maximum atomic E-state index is 11.9. The molecule has 0 aromatic rings. The first kappa shape index (κ1) is 17.1. The zero-order chi connectivity index (χ0) is 16.5. The molecule has 2 nitrogen and oxygen atoms in total. The van der Waals surface area contributed by atoms with E-state index in [4.69, 9.17) is 0 Å². The molecule has 0 heterocycles. The number of fused-ring (bicyclic) bond motifs is 1. The van der Waals surface area contributed by atoms with E-state index in [9.17, 15) is 9.90 Å². The highest BCUT2D eigenvalue weighted by Gasteiger charge is 2.57. The second kappa shape index (κ2) is 6.06. The fraction of sp³-hybridized carbons (Fsp3) is 0.650. The first-order valence-electron chi connectivity index (χ1n) is 8.46. The number of allylic oxidation sites excluding steroid dienone is 4. The van der Waals surface area contributed by atoms with Gasteiger partial charge in [-0.2, -0.15) is 0 Å². The summed E-state index contributed by atoms with van der Waals surface area (Å²) in [6, 6.07) is 0. The molecule has 4 unspecified atom stereocenters. The Balaban J connectivity index is 2.36. The van der Waals surface area contributed by atoms with E-state index in [0.29, 0.717) is 5.92 Å². The summed E-state index contributed by atoms with van der Waals surface area (Å²) >= 11 is 0. The van der Waals surface area contributed by atoms with Gasteiger partial charge in [-0.05, 0) is 63.2 Å². The Hall–Kier alpha value is -1.31. The standard InChI is InChI=1S/C20H30O2/c1-6-14(2)8-10-16-15(3)9-11-17-19(16,4)12-7-13-20(17,5)18(21)22/h6,8,16-17H,1,3,7,9-13H2,2,4-5H3,(H,21,22)/b14-8-. The second-order valence-electron chi connectivity index (χ2n) is 7.77. The van der Waals surface area contributed by atoms with Crippen molar-refractivity contribution in [1.29, 1.82) is 0 Å². The van der Waals surface area contributed by atoms with E-state index in [2.05, 4.69) is 33.1 Å². The molecule has 122 valence electrons. The van der Waals surface area contributed by atoms with Crippen LogP contribution in [0.25, 0.3) is 0 Å². The van der Waals surface area contributed by atoms with E-state index in [-0.39, 0.29) is 11.3 Å². The van der Waals surface area contributed by atoms with Crippen molar-refractivity contribution in [3.63, 3.8) is 0 Å². The van der Waals surface area contributed by atoms with Crippen LogP contribution in [0.5, 0.6) is 0 Å². The monoisotopic (exact) mass is 302 g/mol. The Labute approximate surface area is 135 Å². The molecule has 0 amide bonds. The summed E-state index contributed by atoms with van der Waals surface area (Å²) in [4.78, 5) is 11.9. The van der Waals surface area contributed by atoms with E-state index in [1.807, 2.05) is 13.0 Å². The molecule has 4 atom stereocenters. The van der Waals surface area contributed by atoms with Gasteiger partial charge in [0.1, 0.15) is 0 Å².